The highest BCUT2D eigenvalue weighted by atomic mass is 14.9. The van der Waals surface area contributed by atoms with Crippen LogP contribution >= 0.6 is 0 Å². The van der Waals surface area contributed by atoms with Crippen LogP contribution in [0.15, 0.2) is 0 Å². The van der Waals surface area contributed by atoms with Crippen LogP contribution in [0.1, 0.15) is 46.5 Å². The Balaban J connectivity index is 3.69. The summed E-state index contributed by atoms with van der Waals surface area (Å²) < 4.78 is 0. The largest absolute Gasteiger partial charge is 0.316 e. The molecule has 0 radical (unpaired) electrons. The second kappa shape index (κ2) is 6.44. The van der Waals surface area contributed by atoms with Crippen molar-refractivity contribution in [3.05, 3.63) is 0 Å². The Hall–Kier alpha value is -0.0800. The molecule has 0 spiro atoms. The van der Waals surface area contributed by atoms with Gasteiger partial charge in [0.2, 0.25) is 0 Å². The molecule has 0 heterocycles. The Kier molecular flexibility index (Phi) is 6.39. The molecule has 2 heteroatoms. The van der Waals surface area contributed by atoms with E-state index in [0.29, 0.717) is 5.92 Å². The molecule has 0 fully saturated rings. The van der Waals surface area contributed by atoms with Crippen LogP contribution in [-0.2, 0) is 0 Å². The molecule has 0 aliphatic heterocycles. The average Bonchev–Trinajstić information content (AvgIpc) is 2.00. The van der Waals surface area contributed by atoms with E-state index in [9.17, 15) is 0 Å². The Morgan fingerprint density at radius 2 is 1.75 bits per heavy atom. The first-order chi connectivity index (χ1) is 5.61. The van der Waals surface area contributed by atoms with E-state index in [1.54, 1.807) is 0 Å². The first kappa shape index (κ1) is 11.9. The maximum atomic E-state index is 5.67. The maximum Gasteiger partial charge on any atom is 0.0549 e. The van der Waals surface area contributed by atoms with Gasteiger partial charge in [-0.05, 0) is 18.3 Å². The predicted molar refractivity (Wildman–Crippen MR) is 54.6 cm³/mol. The van der Waals surface area contributed by atoms with Crippen LogP contribution in [-0.4, -0.2) is 6.17 Å². The summed E-state index contributed by atoms with van der Waals surface area (Å²) in [6.45, 7) is 6.67. The zero-order valence-corrected chi connectivity index (χ0v) is 8.72. The first-order valence-corrected chi connectivity index (χ1v) is 5.12. The Morgan fingerprint density at radius 1 is 1.17 bits per heavy atom. The van der Waals surface area contributed by atoms with E-state index < -0.39 is 0 Å². The van der Waals surface area contributed by atoms with Crippen LogP contribution in [0.3, 0.4) is 0 Å². The van der Waals surface area contributed by atoms with Crippen LogP contribution in [0.2, 0.25) is 0 Å². The van der Waals surface area contributed by atoms with E-state index in [1.807, 2.05) is 0 Å². The third-order valence-electron chi connectivity index (χ3n) is 2.56. The minimum Gasteiger partial charge on any atom is -0.316 e. The fourth-order valence-corrected chi connectivity index (χ4v) is 1.72. The van der Waals surface area contributed by atoms with E-state index in [-0.39, 0.29) is 6.17 Å². The molecule has 0 bridgehead atoms. The summed E-state index contributed by atoms with van der Waals surface area (Å²) >= 11 is 0. The lowest BCUT2D eigenvalue weighted by atomic mass is 9.89. The van der Waals surface area contributed by atoms with E-state index in [2.05, 4.69) is 20.8 Å². The standard InChI is InChI=1S/C10H24N2/c1-4-6-8(3)7-9(5-2)10(11)12/h8-10H,4-7,11-12H2,1-3H3. The highest BCUT2D eigenvalue weighted by Gasteiger charge is 2.14. The summed E-state index contributed by atoms with van der Waals surface area (Å²) in [5.74, 6) is 1.28. The van der Waals surface area contributed by atoms with Crippen molar-refractivity contribution in [3.63, 3.8) is 0 Å². The van der Waals surface area contributed by atoms with Crippen molar-refractivity contribution in [1.82, 2.24) is 0 Å². The molecule has 0 rings (SSSR count). The van der Waals surface area contributed by atoms with Crippen molar-refractivity contribution >= 4 is 0 Å². The average molecular weight is 172 g/mol. The summed E-state index contributed by atoms with van der Waals surface area (Å²) in [4.78, 5) is 0. The summed E-state index contributed by atoms with van der Waals surface area (Å²) in [5, 5.41) is 0. The van der Waals surface area contributed by atoms with Gasteiger partial charge in [-0.1, -0.05) is 40.0 Å². The van der Waals surface area contributed by atoms with Gasteiger partial charge in [0.1, 0.15) is 0 Å². The molecule has 12 heavy (non-hydrogen) atoms. The van der Waals surface area contributed by atoms with E-state index in [4.69, 9.17) is 11.5 Å². The van der Waals surface area contributed by atoms with Gasteiger partial charge in [0.15, 0.2) is 0 Å². The minimum absolute atomic E-state index is 0.130. The number of rotatable bonds is 6. The van der Waals surface area contributed by atoms with Gasteiger partial charge in [-0.25, -0.2) is 0 Å². The van der Waals surface area contributed by atoms with Gasteiger partial charge in [-0.2, -0.15) is 0 Å². The predicted octanol–water partition coefficient (Wildman–Crippen LogP) is 2.08. The highest BCUT2D eigenvalue weighted by Crippen LogP contribution is 2.19. The molecular weight excluding hydrogens is 148 g/mol. The van der Waals surface area contributed by atoms with Crippen molar-refractivity contribution in [2.75, 3.05) is 0 Å². The third-order valence-corrected chi connectivity index (χ3v) is 2.56. The molecule has 2 unspecified atom stereocenters. The minimum atomic E-state index is -0.130. The molecule has 2 atom stereocenters. The smallest absolute Gasteiger partial charge is 0.0549 e. The fraction of sp³-hybridized carbons (Fsp3) is 1.00. The SMILES string of the molecule is CCCC(C)CC(CC)C(N)N. The van der Waals surface area contributed by atoms with Gasteiger partial charge in [0, 0.05) is 0 Å². The Bertz CT molecular complexity index is 102. The second-order valence-electron chi connectivity index (χ2n) is 3.88. The molecule has 0 saturated carbocycles. The van der Waals surface area contributed by atoms with Crippen LogP contribution in [0.25, 0.3) is 0 Å². The highest BCUT2D eigenvalue weighted by molar-refractivity contribution is 4.68. The molecule has 0 aromatic carbocycles. The van der Waals surface area contributed by atoms with Crippen molar-refractivity contribution in [2.24, 2.45) is 23.3 Å². The molecule has 74 valence electrons. The molecule has 4 N–H and O–H groups in total. The van der Waals surface area contributed by atoms with Crippen molar-refractivity contribution < 1.29 is 0 Å². The second-order valence-corrected chi connectivity index (χ2v) is 3.88. The van der Waals surface area contributed by atoms with Crippen LogP contribution < -0.4 is 11.5 Å². The van der Waals surface area contributed by atoms with E-state index >= 15 is 0 Å². The van der Waals surface area contributed by atoms with Crippen LogP contribution in [0, 0.1) is 11.8 Å². The summed E-state index contributed by atoms with van der Waals surface area (Å²) in [5.41, 5.74) is 11.3. The van der Waals surface area contributed by atoms with Gasteiger partial charge in [-0.15, -0.1) is 0 Å². The molecule has 0 saturated heterocycles. The molecular formula is C10H24N2. The van der Waals surface area contributed by atoms with Gasteiger partial charge in [0.25, 0.3) is 0 Å². The molecule has 0 aromatic rings. The molecule has 0 aromatic heterocycles. The summed E-state index contributed by atoms with van der Waals surface area (Å²) in [6, 6.07) is 0. The molecule has 2 nitrogen and oxygen atoms in total. The van der Waals surface area contributed by atoms with Gasteiger partial charge in [-0.3, -0.25) is 0 Å². The fourth-order valence-electron chi connectivity index (χ4n) is 1.72. The molecule has 0 aliphatic rings. The topological polar surface area (TPSA) is 52.0 Å². The first-order valence-electron chi connectivity index (χ1n) is 5.12. The lowest BCUT2D eigenvalue weighted by Gasteiger charge is -2.22. The number of hydrogen-bond acceptors (Lipinski definition) is 2. The third kappa shape index (κ3) is 4.73. The van der Waals surface area contributed by atoms with E-state index in [0.717, 1.165) is 12.3 Å². The summed E-state index contributed by atoms with van der Waals surface area (Å²) in [6.07, 6.45) is 4.71. The zero-order chi connectivity index (χ0) is 9.56. The van der Waals surface area contributed by atoms with Gasteiger partial charge < -0.3 is 11.5 Å². The quantitative estimate of drug-likeness (QED) is 0.603. The maximum absolute atomic E-state index is 5.67. The normalized spacial score (nSPS) is 16.5. The summed E-state index contributed by atoms with van der Waals surface area (Å²) in [7, 11) is 0. The molecule has 0 aliphatic carbocycles. The number of nitrogens with two attached hydrogens (primary N) is 2. The monoisotopic (exact) mass is 172 g/mol. The van der Waals surface area contributed by atoms with Crippen LogP contribution in [0.4, 0.5) is 0 Å². The lowest BCUT2D eigenvalue weighted by molar-refractivity contribution is 0.317. The van der Waals surface area contributed by atoms with Crippen molar-refractivity contribution in [1.29, 1.82) is 0 Å². The van der Waals surface area contributed by atoms with Crippen molar-refractivity contribution in [2.45, 2.75) is 52.6 Å². The van der Waals surface area contributed by atoms with Crippen molar-refractivity contribution in [3.8, 4) is 0 Å². The van der Waals surface area contributed by atoms with Gasteiger partial charge in [0.05, 0.1) is 6.17 Å². The Labute approximate surface area is 76.7 Å². The zero-order valence-electron chi connectivity index (χ0n) is 8.72. The number of hydrogen-bond donors (Lipinski definition) is 2. The van der Waals surface area contributed by atoms with E-state index in [1.165, 1.54) is 19.3 Å². The lowest BCUT2D eigenvalue weighted by Crippen LogP contribution is -2.39. The van der Waals surface area contributed by atoms with Crippen LogP contribution in [0.5, 0.6) is 0 Å². The Morgan fingerprint density at radius 3 is 2.08 bits per heavy atom. The molecule has 0 amide bonds. The van der Waals surface area contributed by atoms with Gasteiger partial charge >= 0.3 is 0 Å².